The number of carbonyl (C=O) groups is 1. The number of aromatic amines is 1. The average Bonchev–Trinajstić information content (AvgIpc) is 2.64. The number of hydrogen-bond acceptors (Lipinski definition) is 3. The summed E-state index contributed by atoms with van der Waals surface area (Å²) in [5.41, 5.74) is 1.39. The second-order valence-corrected chi connectivity index (χ2v) is 6.05. The van der Waals surface area contributed by atoms with E-state index in [1.54, 1.807) is 6.07 Å². The molecule has 0 saturated carbocycles. The van der Waals surface area contributed by atoms with Crippen LogP contribution in [0.2, 0.25) is 0 Å². The fraction of sp³-hybridized carbons (Fsp3) is 0.333. The van der Waals surface area contributed by atoms with Crippen molar-refractivity contribution in [2.45, 2.75) is 27.2 Å². The molecule has 0 radical (unpaired) electrons. The molecule has 0 saturated heterocycles. The van der Waals surface area contributed by atoms with E-state index in [1.165, 1.54) is 0 Å². The molecule has 5 heteroatoms. The van der Waals surface area contributed by atoms with Gasteiger partial charge in [0.25, 0.3) is 5.56 Å². The molecule has 0 aliphatic carbocycles. The molecule has 0 bridgehead atoms. The molecular weight excluding hydrogens is 326 g/mol. The van der Waals surface area contributed by atoms with Crippen molar-refractivity contribution in [2.24, 2.45) is 0 Å². The van der Waals surface area contributed by atoms with Crippen LogP contribution in [0.25, 0.3) is 21.7 Å². The van der Waals surface area contributed by atoms with Gasteiger partial charge < -0.3 is 10.3 Å². The Kier molecular flexibility index (Phi) is 6.92. The van der Waals surface area contributed by atoms with Crippen LogP contribution in [0.5, 0.6) is 0 Å². The Hall–Kier alpha value is -2.66. The summed E-state index contributed by atoms with van der Waals surface area (Å²) in [6.07, 6.45) is 1.01. The molecule has 5 nitrogen and oxygen atoms in total. The monoisotopic (exact) mass is 353 g/mol. The smallest absolute Gasteiger partial charge is 0.256 e. The standard InChI is InChI=1S/C19H21N3O2.C2H6/c1-3-10-22(2)12-18(23)20-13-8-9-17-16(11-13)14-6-4-5-7-15(14)19(24)21-17;1-2/h4-9,11H,3,10,12H2,1-2H3,(H,20,23)(H,21,24);1-2H3. The summed E-state index contributed by atoms with van der Waals surface area (Å²) < 4.78 is 0. The third-order valence-corrected chi connectivity index (χ3v) is 4.03. The molecule has 26 heavy (non-hydrogen) atoms. The lowest BCUT2D eigenvalue weighted by Gasteiger charge is -2.15. The number of H-pyrrole nitrogens is 1. The van der Waals surface area contributed by atoms with Gasteiger partial charge in [-0.3, -0.25) is 14.5 Å². The summed E-state index contributed by atoms with van der Waals surface area (Å²) in [6, 6.07) is 13.0. The summed E-state index contributed by atoms with van der Waals surface area (Å²) in [5, 5.41) is 5.39. The highest BCUT2D eigenvalue weighted by Crippen LogP contribution is 2.24. The number of anilines is 1. The van der Waals surface area contributed by atoms with Gasteiger partial charge >= 0.3 is 0 Å². The van der Waals surface area contributed by atoms with Crippen molar-refractivity contribution in [1.82, 2.24) is 9.88 Å². The van der Waals surface area contributed by atoms with Crippen molar-refractivity contribution < 1.29 is 4.79 Å². The molecule has 0 unspecified atom stereocenters. The van der Waals surface area contributed by atoms with Crippen molar-refractivity contribution in [3.05, 3.63) is 52.8 Å². The lowest BCUT2D eigenvalue weighted by atomic mass is 10.1. The number of carbonyl (C=O) groups excluding carboxylic acids is 1. The van der Waals surface area contributed by atoms with Crippen LogP contribution < -0.4 is 10.9 Å². The van der Waals surface area contributed by atoms with Crippen molar-refractivity contribution in [2.75, 3.05) is 25.5 Å². The highest BCUT2D eigenvalue weighted by Gasteiger charge is 2.09. The first-order valence-electron chi connectivity index (χ1n) is 9.11. The van der Waals surface area contributed by atoms with Gasteiger partial charge in [-0.25, -0.2) is 0 Å². The van der Waals surface area contributed by atoms with Crippen LogP contribution in [0.15, 0.2) is 47.3 Å². The van der Waals surface area contributed by atoms with Crippen molar-refractivity contribution >= 4 is 33.3 Å². The van der Waals surface area contributed by atoms with Crippen LogP contribution in [-0.2, 0) is 4.79 Å². The van der Waals surface area contributed by atoms with Gasteiger partial charge in [-0.05, 0) is 49.7 Å². The maximum Gasteiger partial charge on any atom is 0.256 e. The Balaban J connectivity index is 0.00000117. The second kappa shape index (κ2) is 9.15. The highest BCUT2D eigenvalue weighted by atomic mass is 16.2. The first-order chi connectivity index (χ1) is 12.6. The number of amides is 1. The number of benzene rings is 2. The third kappa shape index (κ3) is 4.49. The molecule has 0 fully saturated rings. The van der Waals surface area contributed by atoms with Gasteiger partial charge in [0.1, 0.15) is 0 Å². The minimum atomic E-state index is -0.101. The zero-order chi connectivity index (χ0) is 19.1. The fourth-order valence-corrected chi connectivity index (χ4v) is 2.97. The van der Waals surface area contributed by atoms with Gasteiger partial charge in [0.15, 0.2) is 0 Å². The van der Waals surface area contributed by atoms with E-state index in [0.29, 0.717) is 11.9 Å². The van der Waals surface area contributed by atoms with E-state index in [4.69, 9.17) is 0 Å². The van der Waals surface area contributed by atoms with Crippen LogP contribution in [0.1, 0.15) is 27.2 Å². The Morgan fingerprint density at radius 1 is 1.08 bits per heavy atom. The maximum atomic E-state index is 12.1. The van der Waals surface area contributed by atoms with Gasteiger partial charge in [0.2, 0.25) is 5.91 Å². The van der Waals surface area contributed by atoms with Crippen LogP contribution >= 0.6 is 0 Å². The van der Waals surface area contributed by atoms with Crippen LogP contribution in [-0.4, -0.2) is 35.9 Å². The Morgan fingerprint density at radius 2 is 1.77 bits per heavy atom. The van der Waals surface area contributed by atoms with E-state index in [2.05, 4.69) is 17.2 Å². The van der Waals surface area contributed by atoms with E-state index in [1.807, 2.05) is 62.2 Å². The van der Waals surface area contributed by atoms with Crippen molar-refractivity contribution in [1.29, 1.82) is 0 Å². The molecule has 3 rings (SSSR count). The van der Waals surface area contributed by atoms with Gasteiger partial charge in [-0.2, -0.15) is 0 Å². The third-order valence-electron chi connectivity index (χ3n) is 4.03. The predicted octanol–water partition coefficient (Wildman–Crippen LogP) is 3.99. The molecule has 3 aromatic rings. The fourth-order valence-electron chi connectivity index (χ4n) is 2.97. The summed E-state index contributed by atoms with van der Waals surface area (Å²) in [4.78, 5) is 29.1. The molecule has 2 N–H and O–H groups in total. The minimum Gasteiger partial charge on any atom is -0.325 e. The number of nitrogens with zero attached hydrogens (tertiary/aromatic N) is 1. The minimum absolute atomic E-state index is 0.0426. The summed E-state index contributed by atoms with van der Waals surface area (Å²) in [5.74, 6) is -0.0426. The number of pyridine rings is 1. The molecule has 1 heterocycles. The normalized spacial score (nSPS) is 10.7. The van der Waals surface area contributed by atoms with Crippen LogP contribution in [0.4, 0.5) is 5.69 Å². The van der Waals surface area contributed by atoms with E-state index in [9.17, 15) is 9.59 Å². The molecule has 0 aliphatic heterocycles. The van der Waals surface area contributed by atoms with Crippen molar-refractivity contribution in [3.63, 3.8) is 0 Å². The number of aromatic nitrogens is 1. The molecular formula is C21H27N3O2. The van der Waals surface area contributed by atoms with Gasteiger partial charge in [0.05, 0.1) is 6.54 Å². The highest BCUT2D eigenvalue weighted by molar-refractivity contribution is 6.07. The number of fused-ring (bicyclic) bond motifs is 3. The Bertz CT molecular complexity index is 947. The average molecular weight is 353 g/mol. The van der Waals surface area contributed by atoms with Crippen molar-refractivity contribution in [3.8, 4) is 0 Å². The summed E-state index contributed by atoms with van der Waals surface area (Å²) in [7, 11) is 1.93. The number of likely N-dealkylation sites (N-methyl/N-ethyl adjacent to an activating group) is 1. The summed E-state index contributed by atoms with van der Waals surface area (Å²) >= 11 is 0. The Morgan fingerprint density at radius 3 is 2.46 bits per heavy atom. The number of nitrogens with one attached hydrogen (secondary N) is 2. The summed E-state index contributed by atoms with van der Waals surface area (Å²) in [6.45, 7) is 7.33. The lowest BCUT2D eigenvalue weighted by Crippen LogP contribution is -2.30. The second-order valence-electron chi connectivity index (χ2n) is 6.05. The number of hydrogen-bond donors (Lipinski definition) is 2. The quantitative estimate of drug-likeness (QED) is 0.682. The lowest BCUT2D eigenvalue weighted by molar-refractivity contribution is -0.117. The molecule has 2 aromatic carbocycles. The van der Waals surface area contributed by atoms with Crippen LogP contribution in [0, 0.1) is 0 Å². The first kappa shape index (κ1) is 19.7. The largest absolute Gasteiger partial charge is 0.325 e. The molecule has 0 atom stereocenters. The molecule has 0 aliphatic rings. The zero-order valence-electron chi connectivity index (χ0n) is 15.9. The number of rotatable bonds is 5. The van der Waals surface area contributed by atoms with E-state index >= 15 is 0 Å². The van der Waals surface area contributed by atoms with Gasteiger partial charge in [-0.1, -0.05) is 39.0 Å². The SMILES string of the molecule is CC.CCCN(C)CC(=O)Nc1ccc2[nH]c(=O)c3ccccc3c2c1. The predicted molar refractivity (Wildman–Crippen MR) is 110 cm³/mol. The first-order valence-corrected chi connectivity index (χ1v) is 9.11. The van der Waals surface area contributed by atoms with E-state index in [0.717, 1.165) is 34.9 Å². The van der Waals surface area contributed by atoms with Crippen LogP contribution in [0.3, 0.4) is 0 Å². The zero-order valence-corrected chi connectivity index (χ0v) is 15.9. The van der Waals surface area contributed by atoms with Gasteiger partial charge in [0, 0.05) is 22.0 Å². The maximum absolute atomic E-state index is 12.1. The van der Waals surface area contributed by atoms with Gasteiger partial charge in [-0.15, -0.1) is 0 Å². The molecule has 1 amide bonds. The molecule has 1 aromatic heterocycles. The topological polar surface area (TPSA) is 65.2 Å². The molecule has 138 valence electrons. The van der Waals surface area contributed by atoms with E-state index in [-0.39, 0.29) is 11.5 Å². The Labute approximate surface area is 154 Å². The molecule has 0 spiro atoms. The van der Waals surface area contributed by atoms with E-state index < -0.39 is 0 Å².